The molecule has 0 spiro atoms. The number of nitrogens with one attached hydrogen (secondary N) is 2. The van der Waals surface area contributed by atoms with E-state index in [-0.39, 0.29) is 5.91 Å². The van der Waals surface area contributed by atoms with Crippen LogP contribution in [0.25, 0.3) is 11.0 Å². The fourth-order valence-electron chi connectivity index (χ4n) is 2.80. The molecule has 7 heteroatoms. The summed E-state index contributed by atoms with van der Waals surface area (Å²) in [6.07, 6.45) is 0. The summed E-state index contributed by atoms with van der Waals surface area (Å²) in [6, 6.07) is 19.0. The van der Waals surface area contributed by atoms with Crippen molar-refractivity contribution < 1.29 is 4.79 Å². The van der Waals surface area contributed by atoms with Gasteiger partial charge in [-0.05, 0) is 48.6 Å². The van der Waals surface area contributed by atoms with E-state index in [0.717, 1.165) is 15.9 Å². The van der Waals surface area contributed by atoms with E-state index in [1.807, 2.05) is 53.1 Å². The molecule has 0 bridgehead atoms. The molecule has 0 aliphatic rings. The SMILES string of the molecule is Nc1ccccc1NC(=O)c1ccc(Cn2c(=S)[nH]c3ccccc32)s1. The summed E-state index contributed by atoms with van der Waals surface area (Å²) in [5.41, 5.74) is 9.10. The second-order valence-corrected chi connectivity index (χ2v) is 7.40. The van der Waals surface area contributed by atoms with Crippen molar-refractivity contribution in [3.05, 3.63) is 75.2 Å². The average molecular weight is 380 g/mol. The second kappa shape index (κ2) is 6.78. The van der Waals surface area contributed by atoms with Crippen LogP contribution in [-0.2, 0) is 6.54 Å². The Hall–Kier alpha value is -2.90. The number of carbonyl (C=O) groups excluding carboxylic acids is 1. The lowest BCUT2D eigenvalue weighted by molar-refractivity contribution is 0.103. The first-order valence-corrected chi connectivity index (χ1v) is 9.26. The highest BCUT2D eigenvalue weighted by atomic mass is 32.1. The zero-order chi connectivity index (χ0) is 18.1. The number of nitrogen functional groups attached to an aromatic ring is 1. The van der Waals surface area contributed by atoms with Crippen molar-refractivity contribution in [2.75, 3.05) is 11.1 Å². The lowest BCUT2D eigenvalue weighted by atomic mass is 10.2. The number of nitrogens with two attached hydrogens (primary N) is 1. The number of rotatable bonds is 4. The van der Waals surface area contributed by atoms with Gasteiger partial charge in [-0.2, -0.15) is 0 Å². The van der Waals surface area contributed by atoms with Crippen molar-refractivity contribution in [3.8, 4) is 0 Å². The van der Waals surface area contributed by atoms with Gasteiger partial charge in [0.1, 0.15) is 0 Å². The van der Waals surface area contributed by atoms with Crippen LogP contribution in [0.1, 0.15) is 14.5 Å². The smallest absolute Gasteiger partial charge is 0.265 e. The van der Waals surface area contributed by atoms with E-state index in [4.69, 9.17) is 18.0 Å². The number of carbonyl (C=O) groups is 1. The van der Waals surface area contributed by atoms with Gasteiger partial charge in [0.15, 0.2) is 4.77 Å². The number of H-pyrrole nitrogens is 1. The maximum Gasteiger partial charge on any atom is 0.265 e. The molecule has 0 atom stereocenters. The summed E-state index contributed by atoms with van der Waals surface area (Å²) in [7, 11) is 0. The fraction of sp³-hybridized carbons (Fsp3) is 0.0526. The standard InChI is InChI=1S/C19H16N4OS2/c20-13-5-1-2-6-14(13)21-18(24)17-10-9-12(26-17)11-23-16-8-4-3-7-15(16)22-19(23)25/h1-10H,11,20H2,(H,21,24)(H,22,25). The zero-order valence-electron chi connectivity index (χ0n) is 13.7. The Morgan fingerprint density at radius 1 is 1.12 bits per heavy atom. The minimum absolute atomic E-state index is 0.165. The number of thiophene rings is 1. The normalized spacial score (nSPS) is 10.9. The largest absolute Gasteiger partial charge is 0.397 e. The highest BCUT2D eigenvalue weighted by molar-refractivity contribution is 7.71. The first-order chi connectivity index (χ1) is 12.6. The van der Waals surface area contributed by atoms with Gasteiger partial charge in [0.05, 0.1) is 33.8 Å². The number of anilines is 2. The van der Waals surface area contributed by atoms with Gasteiger partial charge in [-0.3, -0.25) is 4.79 Å². The van der Waals surface area contributed by atoms with Gasteiger partial charge < -0.3 is 20.6 Å². The number of hydrogen-bond acceptors (Lipinski definition) is 4. The molecule has 0 fully saturated rings. The highest BCUT2D eigenvalue weighted by Crippen LogP contribution is 2.23. The number of imidazole rings is 1. The molecule has 5 nitrogen and oxygen atoms in total. The first-order valence-electron chi connectivity index (χ1n) is 8.04. The number of aromatic amines is 1. The molecule has 2 aromatic carbocycles. The Kier molecular flexibility index (Phi) is 4.32. The van der Waals surface area contributed by atoms with Gasteiger partial charge in [0, 0.05) is 4.88 Å². The maximum absolute atomic E-state index is 12.5. The van der Waals surface area contributed by atoms with Crippen LogP contribution in [0.3, 0.4) is 0 Å². The molecule has 0 aliphatic heterocycles. The summed E-state index contributed by atoms with van der Waals surface area (Å²) >= 11 is 6.88. The Balaban J connectivity index is 1.56. The van der Waals surface area contributed by atoms with Crippen LogP contribution in [0.4, 0.5) is 11.4 Å². The first kappa shape index (κ1) is 16.6. The second-order valence-electron chi connectivity index (χ2n) is 5.84. The molecule has 0 saturated heterocycles. The molecule has 2 aromatic heterocycles. The molecule has 4 N–H and O–H groups in total. The Morgan fingerprint density at radius 2 is 1.88 bits per heavy atom. The third-order valence-electron chi connectivity index (χ3n) is 4.09. The monoisotopic (exact) mass is 380 g/mol. The van der Waals surface area contributed by atoms with Crippen molar-refractivity contribution in [1.82, 2.24) is 9.55 Å². The van der Waals surface area contributed by atoms with Gasteiger partial charge in [-0.25, -0.2) is 0 Å². The van der Waals surface area contributed by atoms with Crippen molar-refractivity contribution in [1.29, 1.82) is 0 Å². The summed E-state index contributed by atoms with van der Waals surface area (Å²) in [6.45, 7) is 0.619. The molecular formula is C19H16N4OS2. The lowest BCUT2D eigenvalue weighted by Crippen LogP contribution is -2.11. The van der Waals surface area contributed by atoms with E-state index in [1.165, 1.54) is 11.3 Å². The predicted octanol–water partition coefficient (Wildman–Crippen LogP) is 4.64. The minimum atomic E-state index is -0.165. The van der Waals surface area contributed by atoms with Gasteiger partial charge in [0.25, 0.3) is 5.91 Å². The number of para-hydroxylation sites is 4. The Bertz CT molecular complexity index is 1160. The quantitative estimate of drug-likeness (QED) is 0.356. The van der Waals surface area contributed by atoms with Gasteiger partial charge >= 0.3 is 0 Å². The molecule has 2 heterocycles. The Morgan fingerprint density at radius 3 is 2.73 bits per heavy atom. The topological polar surface area (TPSA) is 75.8 Å². The molecule has 26 heavy (non-hydrogen) atoms. The fourth-order valence-corrected chi connectivity index (χ4v) is 3.96. The molecule has 1 amide bonds. The lowest BCUT2D eigenvalue weighted by Gasteiger charge is -2.06. The van der Waals surface area contributed by atoms with E-state index < -0.39 is 0 Å². The van der Waals surface area contributed by atoms with E-state index in [2.05, 4.69) is 10.3 Å². The summed E-state index contributed by atoms with van der Waals surface area (Å²) in [5.74, 6) is -0.165. The maximum atomic E-state index is 12.5. The number of hydrogen-bond donors (Lipinski definition) is 3. The molecule has 130 valence electrons. The van der Waals surface area contributed by atoms with Gasteiger partial charge in [0.2, 0.25) is 0 Å². The van der Waals surface area contributed by atoms with E-state index >= 15 is 0 Å². The van der Waals surface area contributed by atoms with Crippen LogP contribution in [-0.4, -0.2) is 15.5 Å². The average Bonchev–Trinajstić information content (AvgIpc) is 3.22. The van der Waals surface area contributed by atoms with Crippen molar-refractivity contribution in [2.45, 2.75) is 6.54 Å². The summed E-state index contributed by atoms with van der Waals surface area (Å²) < 4.78 is 2.70. The van der Waals surface area contributed by atoms with Crippen LogP contribution in [0.5, 0.6) is 0 Å². The van der Waals surface area contributed by atoms with Crippen LogP contribution in [0.15, 0.2) is 60.7 Å². The molecule has 4 aromatic rings. The summed E-state index contributed by atoms with van der Waals surface area (Å²) in [5, 5.41) is 2.85. The zero-order valence-corrected chi connectivity index (χ0v) is 15.4. The van der Waals surface area contributed by atoms with Crippen LogP contribution in [0, 0.1) is 4.77 Å². The van der Waals surface area contributed by atoms with Crippen molar-refractivity contribution >= 4 is 51.9 Å². The van der Waals surface area contributed by atoms with Crippen LogP contribution < -0.4 is 11.1 Å². The molecule has 0 unspecified atom stereocenters. The van der Waals surface area contributed by atoms with Gasteiger partial charge in [-0.15, -0.1) is 11.3 Å². The van der Waals surface area contributed by atoms with Crippen molar-refractivity contribution in [2.24, 2.45) is 0 Å². The molecular weight excluding hydrogens is 364 g/mol. The summed E-state index contributed by atoms with van der Waals surface area (Å²) in [4.78, 5) is 17.4. The molecule has 0 aliphatic carbocycles. The third-order valence-corrected chi connectivity index (χ3v) is 5.48. The van der Waals surface area contributed by atoms with Crippen LogP contribution >= 0.6 is 23.6 Å². The number of fused-ring (bicyclic) bond motifs is 1. The molecule has 0 radical (unpaired) electrons. The van der Waals surface area contributed by atoms with E-state index in [9.17, 15) is 4.79 Å². The number of aromatic nitrogens is 2. The number of amides is 1. The van der Waals surface area contributed by atoms with E-state index in [0.29, 0.717) is 27.6 Å². The van der Waals surface area contributed by atoms with Gasteiger partial charge in [-0.1, -0.05) is 24.3 Å². The van der Waals surface area contributed by atoms with E-state index in [1.54, 1.807) is 12.1 Å². The van der Waals surface area contributed by atoms with Crippen molar-refractivity contribution in [3.63, 3.8) is 0 Å². The predicted molar refractivity (Wildman–Crippen MR) is 109 cm³/mol. The number of benzene rings is 2. The Labute approximate surface area is 159 Å². The minimum Gasteiger partial charge on any atom is -0.397 e. The number of nitrogens with zero attached hydrogens (tertiary/aromatic N) is 1. The van der Waals surface area contributed by atoms with Crippen LogP contribution in [0.2, 0.25) is 0 Å². The molecule has 0 saturated carbocycles. The molecule has 4 rings (SSSR count). The highest BCUT2D eigenvalue weighted by Gasteiger charge is 2.12. The third kappa shape index (κ3) is 3.14.